The first-order valence-electron chi connectivity index (χ1n) is 9.87. The Morgan fingerprint density at radius 3 is 2.67 bits per heavy atom. The third-order valence-corrected chi connectivity index (χ3v) is 5.79. The normalized spacial score (nSPS) is 11.8. The van der Waals surface area contributed by atoms with Crippen LogP contribution in [0.5, 0.6) is 0 Å². The third-order valence-electron chi connectivity index (χ3n) is 4.76. The molecule has 0 atom stereocenters. The van der Waals surface area contributed by atoms with Crippen LogP contribution in [-0.4, -0.2) is 42.7 Å². The van der Waals surface area contributed by atoms with E-state index in [0.29, 0.717) is 12.2 Å². The smallest absolute Gasteiger partial charge is 0.238 e. The van der Waals surface area contributed by atoms with E-state index in [4.69, 9.17) is 15.3 Å². The van der Waals surface area contributed by atoms with Crippen LogP contribution in [0.3, 0.4) is 0 Å². The third kappa shape index (κ3) is 4.92. The molecule has 0 fully saturated rings. The molecule has 30 heavy (non-hydrogen) atoms. The average molecular weight is 428 g/mol. The van der Waals surface area contributed by atoms with Gasteiger partial charge in [-0.05, 0) is 47.9 Å². The topological polar surface area (TPSA) is 91.7 Å². The van der Waals surface area contributed by atoms with E-state index < -0.39 is 0 Å². The average Bonchev–Trinajstić information content (AvgIpc) is 3.28. The van der Waals surface area contributed by atoms with Crippen molar-refractivity contribution in [3.63, 3.8) is 0 Å². The van der Waals surface area contributed by atoms with Crippen molar-refractivity contribution >= 4 is 27.9 Å². The van der Waals surface area contributed by atoms with E-state index in [2.05, 4.69) is 26.1 Å². The molecule has 0 bridgehead atoms. The summed E-state index contributed by atoms with van der Waals surface area (Å²) in [6.07, 6.45) is 1.67. The fourth-order valence-corrected chi connectivity index (χ4v) is 4.75. The summed E-state index contributed by atoms with van der Waals surface area (Å²) in [5, 5.41) is 12.7. The van der Waals surface area contributed by atoms with Gasteiger partial charge in [-0.2, -0.15) is 0 Å². The predicted molar refractivity (Wildman–Crippen MR) is 124 cm³/mol. The number of amides is 1. The van der Waals surface area contributed by atoms with Gasteiger partial charge in [0.2, 0.25) is 5.91 Å². The summed E-state index contributed by atoms with van der Waals surface area (Å²) >= 11 is 1.52. The first-order chi connectivity index (χ1) is 14.2. The van der Waals surface area contributed by atoms with Gasteiger partial charge >= 0.3 is 0 Å². The van der Waals surface area contributed by atoms with Gasteiger partial charge in [0, 0.05) is 17.8 Å². The van der Waals surface area contributed by atoms with Crippen molar-refractivity contribution in [1.82, 2.24) is 4.90 Å². The number of benzene rings is 1. The van der Waals surface area contributed by atoms with Gasteiger partial charge in [-0.1, -0.05) is 32.9 Å². The number of hydrogen-bond donors (Lipinski definition) is 3. The number of nitrogens with two attached hydrogens (primary N) is 1. The second kappa shape index (κ2) is 9.04. The van der Waals surface area contributed by atoms with Crippen LogP contribution in [0.2, 0.25) is 0 Å². The molecular formula is C23H29N3O3S. The number of aliphatic hydroxyl groups excluding tert-OH is 1. The van der Waals surface area contributed by atoms with Crippen LogP contribution in [-0.2, 0) is 10.2 Å². The molecule has 3 rings (SSSR count). The molecule has 1 aromatic carbocycles. The second-order valence-electron chi connectivity index (χ2n) is 8.36. The second-order valence-corrected chi connectivity index (χ2v) is 9.42. The van der Waals surface area contributed by atoms with Crippen molar-refractivity contribution in [3.05, 3.63) is 48.2 Å². The summed E-state index contributed by atoms with van der Waals surface area (Å²) in [6.45, 7) is 7.15. The highest BCUT2D eigenvalue weighted by Crippen LogP contribution is 2.49. The molecular weight excluding hydrogens is 398 g/mol. The Bertz CT molecular complexity index is 1000. The summed E-state index contributed by atoms with van der Waals surface area (Å²) in [7, 11) is 1.80. The fourth-order valence-electron chi connectivity index (χ4n) is 3.48. The van der Waals surface area contributed by atoms with Crippen LogP contribution in [0.25, 0.3) is 21.8 Å². The van der Waals surface area contributed by atoms with Crippen molar-refractivity contribution in [1.29, 1.82) is 0 Å². The number of nitrogen functional groups attached to an aromatic ring is 1. The van der Waals surface area contributed by atoms with Gasteiger partial charge in [0.05, 0.1) is 29.3 Å². The Morgan fingerprint density at radius 1 is 1.27 bits per heavy atom. The van der Waals surface area contributed by atoms with E-state index in [-0.39, 0.29) is 24.5 Å². The molecule has 1 amide bonds. The maximum atomic E-state index is 12.3. The molecule has 0 aliphatic heterocycles. The summed E-state index contributed by atoms with van der Waals surface area (Å²) in [5.41, 5.74) is 10.1. The quantitative estimate of drug-likeness (QED) is 0.519. The molecule has 0 unspecified atom stereocenters. The van der Waals surface area contributed by atoms with Crippen LogP contribution >= 0.6 is 11.3 Å². The Hall–Kier alpha value is -2.61. The number of hydrogen-bond acceptors (Lipinski definition) is 6. The number of likely N-dealkylation sites (N-methyl/N-ethyl adjacent to an activating group) is 1. The number of nitrogens with zero attached hydrogens (tertiary/aromatic N) is 1. The highest BCUT2D eigenvalue weighted by atomic mass is 32.1. The number of anilines is 2. The van der Waals surface area contributed by atoms with Crippen molar-refractivity contribution in [2.24, 2.45) is 0 Å². The zero-order valence-electron chi connectivity index (χ0n) is 17.9. The maximum Gasteiger partial charge on any atom is 0.238 e. The summed E-state index contributed by atoms with van der Waals surface area (Å²) in [4.78, 5) is 15.1. The van der Waals surface area contributed by atoms with Gasteiger partial charge in [0.25, 0.3) is 0 Å². The zero-order chi connectivity index (χ0) is 21.9. The lowest BCUT2D eigenvalue weighted by Crippen LogP contribution is -2.32. The zero-order valence-corrected chi connectivity index (χ0v) is 18.7. The van der Waals surface area contributed by atoms with Crippen LogP contribution < -0.4 is 11.1 Å². The van der Waals surface area contributed by atoms with Crippen molar-refractivity contribution in [3.8, 4) is 21.8 Å². The van der Waals surface area contributed by atoms with E-state index in [1.807, 2.05) is 36.4 Å². The molecule has 2 aromatic heterocycles. The molecule has 7 heteroatoms. The number of carbonyl (C=O) groups excluding carboxylic acids is 1. The minimum absolute atomic E-state index is 0.0181. The highest BCUT2D eigenvalue weighted by molar-refractivity contribution is 7.20. The molecule has 2 heterocycles. The minimum atomic E-state index is -0.155. The summed E-state index contributed by atoms with van der Waals surface area (Å²) in [5.74, 6) is 0.674. The van der Waals surface area contributed by atoms with Crippen LogP contribution in [0.15, 0.2) is 47.1 Å². The van der Waals surface area contributed by atoms with Gasteiger partial charge < -0.3 is 20.6 Å². The monoisotopic (exact) mass is 427 g/mol. The number of rotatable bonds is 7. The largest absolute Gasteiger partial charge is 0.464 e. The first-order valence-corrected chi connectivity index (χ1v) is 10.7. The number of furan rings is 1. The molecule has 0 saturated carbocycles. The van der Waals surface area contributed by atoms with Gasteiger partial charge in [0.1, 0.15) is 5.76 Å². The highest BCUT2D eigenvalue weighted by Gasteiger charge is 2.29. The Morgan fingerprint density at radius 2 is 2.03 bits per heavy atom. The van der Waals surface area contributed by atoms with Gasteiger partial charge in [-0.25, -0.2) is 0 Å². The van der Waals surface area contributed by atoms with Crippen LogP contribution in [0, 0.1) is 0 Å². The first kappa shape index (κ1) is 22.1. The molecule has 0 saturated heterocycles. The SMILES string of the molecule is CN(CCO)CC(=O)Nc1cccc(-c2c(N)sc(-c3ccco3)c2C(C)(C)C)c1. The molecule has 0 spiro atoms. The molecule has 160 valence electrons. The minimum Gasteiger partial charge on any atom is -0.464 e. The lowest BCUT2D eigenvalue weighted by molar-refractivity contribution is -0.117. The van der Waals surface area contributed by atoms with Gasteiger partial charge in [-0.3, -0.25) is 9.69 Å². The predicted octanol–water partition coefficient (Wildman–Crippen LogP) is 4.42. The summed E-state index contributed by atoms with van der Waals surface area (Å²) in [6, 6.07) is 11.6. The van der Waals surface area contributed by atoms with E-state index in [0.717, 1.165) is 32.3 Å². The van der Waals surface area contributed by atoms with Gasteiger partial charge in [-0.15, -0.1) is 11.3 Å². The number of carbonyl (C=O) groups is 1. The van der Waals surface area contributed by atoms with Crippen molar-refractivity contribution < 1.29 is 14.3 Å². The van der Waals surface area contributed by atoms with Crippen molar-refractivity contribution in [2.45, 2.75) is 26.2 Å². The molecule has 0 aliphatic carbocycles. The molecule has 3 aromatic rings. The fraction of sp³-hybridized carbons (Fsp3) is 0.348. The Balaban J connectivity index is 1.97. The van der Waals surface area contributed by atoms with Gasteiger partial charge in [0.15, 0.2) is 0 Å². The van der Waals surface area contributed by atoms with E-state index in [1.54, 1.807) is 18.2 Å². The van der Waals surface area contributed by atoms with Crippen molar-refractivity contribution in [2.75, 3.05) is 37.8 Å². The molecule has 4 N–H and O–H groups in total. The molecule has 6 nitrogen and oxygen atoms in total. The Labute approximate surface area is 181 Å². The summed E-state index contributed by atoms with van der Waals surface area (Å²) < 4.78 is 5.67. The lowest BCUT2D eigenvalue weighted by atomic mass is 9.82. The number of nitrogens with one attached hydrogen (secondary N) is 1. The van der Waals surface area contributed by atoms with Crippen LogP contribution in [0.4, 0.5) is 10.7 Å². The van der Waals surface area contributed by atoms with Crippen LogP contribution in [0.1, 0.15) is 26.3 Å². The van der Waals surface area contributed by atoms with E-state index >= 15 is 0 Å². The number of aliphatic hydroxyl groups is 1. The lowest BCUT2D eigenvalue weighted by Gasteiger charge is -2.22. The molecule has 0 radical (unpaired) electrons. The van der Waals surface area contributed by atoms with E-state index in [9.17, 15) is 4.79 Å². The standard InChI is InChI=1S/C23H29N3O3S/c1-23(2,3)20-19(22(24)30-21(20)17-9-6-12-29-17)15-7-5-8-16(13-15)25-18(28)14-26(4)10-11-27/h5-9,12-13,27H,10-11,14,24H2,1-4H3,(H,25,28). The van der Waals surface area contributed by atoms with E-state index in [1.165, 1.54) is 11.3 Å². The maximum absolute atomic E-state index is 12.3. The molecule has 0 aliphatic rings. The Kier molecular flexibility index (Phi) is 6.65. The number of thiophene rings is 1.